The highest BCUT2D eigenvalue weighted by Gasteiger charge is 2.17. The van der Waals surface area contributed by atoms with Crippen LogP contribution in [0.15, 0.2) is 18.3 Å². The maximum absolute atomic E-state index is 11.9. The van der Waals surface area contributed by atoms with Gasteiger partial charge in [0.1, 0.15) is 5.82 Å². The minimum atomic E-state index is -0.432. The molecule has 1 atom stereocenters. The summed E-state index contributed by atoms with van der Waals surface area (Å²) in [6, 6.07) is 3.44. The molecule has 2 heterocycles. The van der Waals surface area contributed by atoms with Gasteiger partial charge in [-0.3, -0.25) is 4.79 Å². The van der Waals surface area contributed by atoms with Crippen molar-refractivity contribution in [3.05, 3.63) is 23.9 Å². The number of hydrogen-bond acceptors (Lipinski definition) is 5. The van der Waals surface area contributed by atoms with Gasteiger partial charge >= 0.3 is 0 Å². The first-order chi connectivity index (χ1) is 10.2. The molecule has 2 rings (SSSR count). The summed E-state index contributed by atoms with van der Waals surface area (Å²) in [4.78, 5) is 18.5. The summed E-state index contributed by atoms with van der Waals surface area (Å²) in [5, 5.41) is 2.90. The lowest BCUT2D eigenvalue weighted by Crippen LogP contribution is -2.41. The number of nitrogens with one attached hydrogen (secondary N) is 1. The normalized spacial score (nSPS) is 15.8. The average Bonchev–Trinajstić information content (AvgIpc) is 2.54. The fourth-order valence-corrected chi connectivity index (χ4v) is 2.38. The number of carbonyl (C=O) groups excluding carboxylic acids is 1. The first kappa shape index (κ1) is 18.7. The lowest BCUT2D eigenvalue weighted by atomic mass is 10.1. The topological polar surface area (TPSA) is 80.5 Å². The van der Waals surface area contributed by atoms with Crippen LogP contribution in [0.25, 0.3) is 0 Å². The molecule has 1 aliphatic heterocycles. The maximum Gasteiger partial charge on any atom is 0.237 e. The van der Waals surface area contributed by atoms with Gasteiger partial charge < -0.3 is 20.7 Å². The molecule has 7 heteroatoms. The number of anilines is 1. The maximum atomic E-state index is 11.9. The molecule has 0 bridgehead atoms. The third kappa shape index (κ3) is 5.12. The van der Waals surface area contributed by atoms with Crippen LogP contribution in [-0.2, 0) is 16.1 Å². The molecule has 6 nitrogen and oxygen atoms in total. The Morgan fingerprint density at radius 2 is 2.23 bits per heavy atom. The third-order valence-electron chi connectivity index (χ3n) is 3.57. The summed E-state index contributed by atoms with van der Waals surface area (Å²) in [7, 11) is 0. The molecule has 1 fully saturated rings. The molecular formula is C15H25ClN4O2. The zero-order valence-electron chi connectivity index (χ0n) is 13.0. The Hall–Kier alpha value is -1.37. The van der Waals surface area contributed by atoms with E-state index in [2.05, 4.69) is 15.2 Å². The van der Waals surface area contributed by atoms with Crippen LogP contribution in [0.1, 0.15) is 25.3 Å². The summed E-state index contributed by atoms with van der Waals surface area (Å²) >= 11 is 0. The van der Waals surface area contributed by atoms with E-state index in [0.717, 1.165) is 30.9 Å². The lowest BCUT2D eigenvalue weighted by molar-refractivity contribution is -0.122. The molecule has 124 valence electrons. The number of morpholine rings is 1. The van der Waals surface area contributed by atoms with Gasteiger partial charge in [0.2, 0.25) is 5.91 Å². The van der Waals surface area contributed by atoms with Crippen LogP contribution in [0.3, 0.4) is 0 Å². The van der Waals surface area contributed by atoms with Crippen molar-refractivity contribution in [1.29, 1.82) is 0 Å². The molecule has 1 saturated heterocycles. The number of nitrogens with two attached hydrogens (primary N) is 1. The molecule has 0 saturated carbocycles. The highest BCUT2D eigenvalue weighted by Crippen LogP contribution is 2.18. The van der Waals surface area contributed by atoms with E-state index in [1.165, 1.54) is 0 Å². The van der Waals surface area contributed by atoms with Gasteiger partial charge in [-0.2, -0.15) is 0 Å². The van der Waals surface area contributed by atoms with E-state index in [9.17, 15) is 4.79 Å². The Bertz CT molecular complexity index is 467. The van der Waals surface area contributed by atoms with Crippen molar-refractivity contribution in [3.8, 4) is 0 Å². The van der Waals surface area contributed by atoms with E-state index < -0.39 is 6.04 Å². The van der Waals surface area contributed by atoms with Gasteiger partial charge in [0.05, 0.1) is 19.3 Å². The molecule has 0 spiro atoms. The van der Waals surface area contributed by atoms with E-state index >= 15 is 0 Å². The number of ether oxygens (including phenoxy) is 1. The molecule has 1 aliphatic rings. The van der Waals surface area contributed by atoms with Gasteiger partial charge in [-0.05, 0) is 12.5 Å². The molecule has 0 aromatic carbocycles. The molecular weight excluding hydrogens is 304 g/mol. The zero-order chi connectivity index (χ0) is 15.1. The fraction of sp³-hybridized carbons (Fsp3) is 0.600. The fourth-order valence-electron chi connectivity index (χ4n) is 2.38. The summed E-state index contributed by atoms with van der Waals surface area (Å²) in [6.07, 6.45) is 3.38. The Morgan fingerprint density at radius 3 is 2.91 bits per heavy atom. The van der Waals surface area contributed by atoms with Crippen molar-refractivity contribution >= 4 is 24.1 Å². The summed E-state index contributed by atoms with van der Waals surface area (Å²) < 4.78 is 5.36. The quantitative estimate of drug-likeness (QED) is 0.817. The van der Waals surface area contributed by atoms with Crippen molar-refractivity contribution in [3.63, 3.8) is 0 Å². The number of rotatable bonds is 6. The smallest absolute Gasteiger partial charge is 0.237 e. The second kappa shape index (κ2) is 9.61. The van der Waals surface area contributed by atoms with Gasteiger partial charge in [-0.25, -0.2) is 4.98 Å². The number of pyridine rings is 1. The summed E-state index contributed by atoms with van der Waals surface area (Å²) in [5.74, 6) is 0.818. The molecule has 0 aliphatic carbocycles. The molecule has 1 amide bonds. The molecule has 1 aromatic rings. The van der Waals surface area contributed by atoms with Crippen LogP contribution in [0.4, 0.5) is 5.82 Å². The molecule has 1 aromatic heterocycles. The Morgan fingerprint density at radius 1 is 1.50 bits per heavy atom. The van der Waals surface area contributed by atoms with Crippen molar-refractivity contribution in [1.82, 2.24) is 10.3 Å². The minimum Gasteiger partial charge on any atom is -0.378 e. The second-order valence-corrected chi connectivity index (χ2v) is 5.20. The zero-order valence-corrected chi connectivity index (χ0v) is 13.8. The van der Waals surface area contributed by atoms with Gasteiger partial charge in [0.15, 0.2) is 0 Å². The Labute approximate surface area is 137 Å². The molecule has 3 N–H and O–H groups in total. The molecule has 1 unspecified atom stereocenters. The van der Waals surface area contributed by atoms with Crippen LogP contribution in [0, 0.1) is 0 Å². The van der Waals surface area contributed by atoms with E-state index in [-0.39, 0.29) is 18.3 Å². The molecule has 0 radical (unpaired) electrons. The van der Waals surface area contributed by atoms with Crippen molar-refractivity contribution in [2.24, 2.45) is 5.73 Å². The SMILES string of the molecule is CCCC(N)C(=O)NCc1cccnc1N1CCOCC1.Cl. The van der Waals surface area contributed by atoms with E-state index in [0.29, 0.717) is 26.2 Å². The van der Waals surface area contributed by atoms with Gasteiger partial charge in [-0.1, -0.05) is 19.4 Å². The molecule has 22 heavy (non-hydrogen) atoms. The Balaban J connectivity index is 0.00000242. The van der Waals surface area contributed by atoms with Crippen molar-refractivity contribution in [2.45, 2.75) is 32.4 Å². The van der Waals surface area contributed by atoms with Crippen LogP contribution in [0.2, 0.25) is 0 Å². The average molecular weight is 329 g/mol. The predicted molar refractivity (Wildman–Crippen MR) is 89.2 cm³/mol. The summed E-state index contributed by atoms with van der Waals surface area (Å²) in [6.45, 7) is 5.55. The van der Waals surface area contributed by atoms with Gasteiger partial charge in [0, 0.05) is 31.4 Å². The standard InChI is InChI=1S/C15H24N4O2.ClH/c1-2-4-13(16)15(20)18-11-12-5-3-6-17-14(12)19-7-9-21-10-8-19;/h3,5-6,13H,2,4,7-11,16H2,1H3,(H,18,20);1H. The lowest BCUT2D eigenvalue weighted by Gasteiger charge is -2.29. The van der Waals surface area contributed by atoms with Crippen LogP contribution >= 0.6 is 12.4 Å². The van der Waals surface area contributed by atoms with Crippen LogP contribution < -0.4 is 16.0 Å². The van der Waals surface area contributed by atoms with Crippen LogP contribution in [-0.4, -0.2) is 43.2 Å². The van der Waals surface area contributed by atoms with Gasteiger partial charge in [0.25, 0.3) is 0 Å². The number of amides is 1. The highest BCUT2D eigenvalue weighted by molar-refractivity contribution is 5.85. The first-order valence-electron chi connectivity index (χ1n) is 7.52. The number of aromatic nitrogens is 1. The highest BCUT2D eigenvalue weighted by atomic mass is 35.5. The largest absolute Gasteiger partial charge is 0.378 e. The number of hydrogen-bond donors (Lipinski definition) is 2. The van der Waals surface area contributed by atoms with E-state index in [1.807, 2.05) is 19.1 Å². The monoisotopic (exact) mass is 328 g/mol. The number of carbonyl (C=O) groups is 1. The third-order valence-corrected chi connectivity index (χ3v) is 3.57. The minimum absolute atomic E-state index is 0. The van der Waals surface area contributed by atoms with E-state index in [4.69, 9.17) is 10.5 Å². The number of halogens is 1. The van der Waals surface area contributed by atoms with Crippen molar-refractivity contribution in [2.75, 3.05) is 31.2 Å². The Kier molecular flexibility index (Phi) is 8.16. The van der Waals surface area contributed by atoms with Crippen molar-refractivity contribution < 1.29 is 9.53 Å². The van der Waals surface area contributed by atoms with Gasteiger partial charge in [-0.15, -0.1) is 12.4 Å². The van der Waals surface area contributed by atoms with Crippen LogP contribution in [0.5, 0.6) is 0 Å². The predicted octanol–water partition coefficient (Wildman–Crippen LogP) is 1.08. The second-order valence-electron chi connectivity index (χ2n) is 5.20. The first-order valence-corrected chi connectivity index (χ1v) is 7.52. The number of nitrogens with zero attached hydrogens (tertiary/aromatic N) is 2. The van der Waals surface area contributed by atoms with E-state index in [1.54, 1.807) is 6.20 Å². The summed E-state index contributed by atoms with van der Waals surface area (Å²) in [5.41, 5.74) is 6.83.